The monoisotopic (exact) mass is 440 g/mol. The average molecular weight is 441 g/mol. The molecule has 162 valence electrons. The van der Waals surface area contributed by atoms with Crippen molar-refractivity contribution < 1.29 is 9.13 Å². The van der Waals surface area contributed by atoms with Gasteiger partial charge in [0.2, 0.25) is 0 Å². The second-order valence-corrected chi connectivity index (χ2v) is 9.43. The Bertz CT molecular complexity index is 1150. The third kappa shape index (κ3) is 3.85. The molecule has 2 fully saturated rings. The topological polar surface area (TPSA) is 68.1 Å². The van der Waals surface area contributed by atoms with Crippen molar-refractivity contribution in [3.63, 3.8) is 0 Å². The maximum absolute atomic E-state index is 13.5. The lowest BCUT2D eigenvalue weighted by Crippen LogP contribution is -2.50. The van der Waals surface area contributed by atoms with E-state index in [9.17, 15) is 9.18 Å². The highest BCUT2D eigenvalue weighted by atomic mass is 35.5. The molecule has 2 aromatic carbocycles. The van der Waals surface area contributed by atoms with Crippen molar-refractivity contribution in [1.82, 2.24) is 4.98 Å². The lowest BCUT2D eigenvalue weighted by molar-refractivity contribution is 0.101. The van der Waals surface area contributed by atoms with Gasteiger partial charge in [0.15, 0.2) is 0 Å². The summed E-state index contributed by atoms with van der Waals surface area (Å²) in [6, 6.07) is 12.3. The quantitative estimate of drug-likeness (QED) is 0.564. The zero-order valence-electron chi connectivity index (χ0n) is 17.2. The average Bonchev–Trinajstić information content (AvgIpc) is 3.61. The van der Waals surface area contributed by atoms with Gasteiger partial charge < -0.3 is 15.5 Å². The van der Waals surface area contributed by atoms with Crippen LogP contribution in [0, 0.1) is 11.7 Å². The molecule has 2 saturated carbocycles. The summed E-state index contributed by atoms with van der Waals surface area (Å²) < 4.78 is 19.8. The number of aromatic nitrogens is 1. The lowest BCUT2D eigenvalue weighted by atomic mass is 9.63. The molecule has 2 aliphatic carbocycles. The van der Waals surface area contributed by atoms with E-state index in [1.165, 1.54) is 25.0 Å². The molecule has 1 aromatic heterocycles. The molecule has 2 aliphatic rings. The smallest absolute Gasteiger partial charge is 0.255 e. The highest BCUT2D eigenvalue weighted by Gasteiger charge is 2.47. The minimum absolute atomic E-state index is 0.0249. The molecule has 31 heavy (non-hydrogen) atoms. The van der Waals surface area contributed by atoms with Crippen LogP contribution in [0.2, 0.25) is 5.02 Å². The number of fused-ring (bicyclic) bond motifs is 1. The Kier molecular flexibility index (Phi) is 5.27. The molecular formula is C25H26ClFN2O2. The van der Waals surface area contributed by atoms with Crippen LogP contribution in [0.4, 0.5) is 4.39 Å². The molecule has 3 N–H and O–H groups in total. The number of benzene rings is 2. The van der Waals surface area contributed by atoms with Crippen molar-refractivity contribution in [2.24, 2.45) is 11.7 Å². The Hall–Kier alpha value is -2.37. The van der Waals surface area contributed by atoms with E-state index in [-0.39, 0.29) is 28.9 Å². The molecule has 0 bridgehead atoms. The van der Waals surface area contributed by atoms with Gasteiger partial charge in [-0.05, 0) is 85.7 Å². The van der Waals surface area contributed by atoms with Crippen LogP contribution in [0.5, 0.6) is 5.75 Å². The summed E-state index contributed by atoms with van der Waals surface area (Å²) in [6.45, 7) is 0. The van der Waals surface area contributed by atoms with Crippen molar-refractivity contribution in [3.05, 3.63) is 75.4 Å². The van der Waals surface area contributed by atoms with E-state index in [4.69, 9.17) is 22.1 Å². The molecule has 0 amide bonds. The third-order valence-corrected chi connectivity index (χ3v) is 7.43. The molecule has 0 spiro atoms. The Balaban J connectivity index is 1.37. The van der Waals surface area contributed by atoms with Crippen molar-refractivity contribution in [2.45, 2.75) is 56.1 Å². The zero-order valence-corrected chi connectivity index (χ0v) is 18.0. The Labute approximate surface area is 185 Å². The van der Waals surface area contributed by atoms with Crippen molar-refractivity contribution in [1.29, 1.82) is 0 Å². The number of ether oxygens (including phenoxy) is 1. The van der Waals surface area contributed by atoms with Crippen LogP contribution in [0.25, 0.3) is 10.8 Å². The summed E-state index contributed by atoms with van der Waals surface area (Å²) in [5.74, 6) is 0.932. The summed E-state index contributed by atoms with van der Waals surface area (Å²) in [5.41, 5.74) is 7.59. The number of rotatable bonds is 5. The Morgan fingerprint density at radius 1 is 1.10 bits per heavy atom. The van der Waals surface area contributed by atoms with Gasteiger partial charge in [-0.3, -0.25) is 4.79 Å². The fraction of sp³-hybridized carbons (Fsp3) is 0.400. The first-order chi connectivity index (χ1) is 15.0. The van der Waals surface area contributed by atoms with Crippen LogP contribution in [-0.4, -0.2) is 17.1 Å². The summed E-state index contributed by atoms with van der Waals surface area (Å²) in [6.07, 6.45) is 7.49. The van der Waals surface area contributed by atoms with Gasteiger partial charge in [0.25, 0.3) is 5.56 Å². The first kappa shape index (κ1) is 20.5. The number of pyridine rings is 1. The summed E-state index contributed by atoms with van der Waals surface area (Å²) in [4.78, 5) is 14.7. The number of nitrogens with one attached hydrogen (secondary N) is 1. The van der Waals surface area contributed by atoms with E-state index >= 15 is 0 Å². The number of halogens is 2. The summed E-state index contributed by atoms with van der Waals surface area (Å²) in [7, 11) is 0. The van der Waals surface area contributed by atoms with Gasteiger partial charge in [-0.25, -0.2) is 4.39 Å². The molecule has 3 aromatic rings. The van der Waals surface area contributed by atoms with Gasteiger partial charge in [-0.1, -0.05) is 23.7 Å². The van der Waals surface area contributed by atoms with Gasteiger partial charge in [0, 0.05) is 23.0 Å². The van der Waals surface area contributed by atoms with Crippen LogP contribution in [0.15, 0.2) is 53.5 Å². The van der Waals surface area contributed by atoms with E-state index in [1.54, 1.807) is 12.3 Å². The van der Waals surface area contributed by atoms with Crippen LogP contribution >= 0.6 is 11.6 Å². The molecule has 0 saturated heterocycles. The van der Waals surface area contributed by atoms with E-state index < -0.39 is 0 Å². The predicted octanol–water partition coefficient (Wildman–Crippen LogP) is 5.32. The third-order valence-electron chi connectivity index (χ3n) is 7.13. The van der Waals surface area contributed by atoms with E-state index in [2.05, 4.69) is 4.98 Å². The summed E-state index contributed by atoms with van der Waals surface area (Å²) >= 11 is 6.43. The van der Waals surface area contributed by atoms with Crippen molar-refractivity contribution >= 4 is 22.4 Å². The molecule has 1 unspecified atom stereocenters. The SMILES string of the molecule is NC(C1CC1)C1(c2ccc(F)cc2)CCC(Oc2cc3cc[nH]c(=O)c3cc2Cl)CC1. The number of nitrogens with two attached hydrogens (primary N) is 1. The number of H-pyrrole nitrogens is 1. The van der Waals surface area contributed by atoms with Gasteiger partial charge in [-0.2, -0.15) is 0 Å². The standard InChI is InChI=1S/C25H26ClFN2O2/c26-21-14-20-16(9-12-29-24(20)30)13-22(21)31-19-7-10-25(11-8-19,23(28)15-1-2-15)17-3-5-18(27)6-4-17/h3-6,9,12-15,19,23H,1-2,7-8,10-11,28H2,(H,29,30). The summed E-state index contributed by atoms with van der Waals surface area (Å²) in [5, 5.41) is 1.79. The largest absolute Gasteiger partial charge is 0.489 e. The van der Waals surface area contributed by atoms with Gasteiger partial charge in [0.05, 0.1) is 11.1 Å². The highest BCUT2D eigenvalue weighted by Crippen LogP contribution is 2.49. The molecule has 0 aliphatic heterocycles. The predicted molar refractivity (Wildman–Crippen MR) is 121 cm³/mol. The van der Waals surface area contributed by atoms with Gasteiger partial charge >= 0.3 is 0 Å². The number of hydrogen-bond donors (Lipinski definition) is 2. The minimum atomic E-state index is -0.222. The van der Waals surface area contributed by atoms with Crippen LogP contribution in [0.3, 0.4) is 0 Å². The molecule has 1 heterocycles. The fourth-order valence-corrected chi connectivity index (χ4v) is 5.39. The van der Waals surface area contributed by atoms with Crippen molar-refractivity contribution in [2.75, 3.05) is 0 Å². The molecule has 6 heteroatoms. The minimum Gasteiger partial charge on any atom is -0.489 e. The van der Waals surface area contributed by atoms with Gasteiger partial charge in [-0.15, -0.1) is 0 Å². The maximum atomic E-state index is 13.5. The maximum Gasteiger partial charge on any atom is 0.255 e. The van der Waals surface area contributed by atoms with Crippen LogP contribution < -0.4 is 16.0 Å². The first-order valence-corrected chi connectivity index (χ1v) is 11.3. The Morgan fingerprint density at radius 2 is 1.81 bits per heavy atom. The van der Waals surface area contributed by atoms with E-state index in [0.29, 0.717) is 22.1 Å². The molecule has 1 atom stereocenters. The molecule has 4 nitrogen and oxygen atoms in total. The normalized spacial score (nSPS) is 24.8. The highest BCUT2D eigenvalue weighted by molar-refractivity contribution is 6.32. The lowest BCUT2D eigenvalue weighted by Gasteiger charge is -2.45. The van der Waals surface area contributed by atoms with Gasteiger partial charge in [0.1, 0.15) is 11.6 Å². The van der Waals surface area contributed by atoms with Crippen LogP contribution in [-0.2, 0) is 5.41 Å². The van der Waals surface area contributed by atoms with E-state index in [1.807, 2.05) is 24.3 Å². The van der Waals surface area contributed by atoms with E-state index in [0.717, 1.165) is 36.6 Å². The molecular weight excluding hydrogens is 415 g/mol. The van der Waals surface area contributed by atoms with Crippen LogP contribution in [0.1, 0.15) is 44.1 Å². The van der Waals surface area contributed by atoms with Crippen molar-refractivity contribution in [3.8, 4) is 5.75 Å². The second kappa shape index (κ2) is 7.95. The molecule has 0 radical (unpaired) electrons. The first-order valence-electron chi connectivity index (χ1n) is 11.0. The number of aromatic amines is 1. The number of hydrogen-bond acceptors (Lipinski definition) is 3. The Morgan fingerprint density at radius 3 is 2.48 bits per heavy atom. The molecule has 5 rings (SSSR count). The fourth-order valence-electron chi connectivity index (χ4n) is 5.19. The zero-order chi connectivity index (χ0) is 21.6. The second-order valence-electron chi connectivity index (χ2n) is 9.02.